The van der Waals surface area contributed by atoms with Crippen LogP contribution in [-0.4, -0.2) is 17.4 Å². The van der Waals surface area contributed by atoms with Gasteiger partial charge >= 0.3 is 0 Å². The summed E-state index contributed by atoms with van der Waals surface area (Å²) in [6.45, 7) is 1.93. The smallest absolute Gasteiger partial charge is 0.291 e. The summed E-state index contributed by atoms with van der Waals surface area (Å²) < 4.78 is 5.05. The molecule has 6 nitrogen and oxygen atoms in total. The minimum absolute atomic E-state index is 0. The molecule has 4 N–H and O–H groups in total. The molecule has 0 bridgehead atoms. The molecule has 1 aromatic carbocycles. The lowest BCUT2D eigenvalue weighted by Gasteiger charge is -2.37. The van der Waals surface area contributed by atoms with Gasteiger partial charge in [-0.1, -0.05) is 24.4 Å². The zero-order valence-electron chi connectivity index (χ0n) is 15.0. The average molecular weight is 412 g/mol. The maximum absolute atomic E-state index is 12.6. The van der Waals surface area contributed by atoms with E-state index in [-0.39, 0.29) is 30.0 Å². The highest BCUT2D eigenvalue weighted by atomic mass is 35.5. The molecular formula is C19H23Cl2N3O3. The van der Waals surface area contributed by atoms with Gasteiger partial charge in [-0.15, -0.1) is 12.4 Å². The number of nitrogens with two attached hydrogens (primary N) is 1. The molecule has 1 aliphatic carbocycles. The molecule has 0 spiro atoms. The Balaban J connectivity index is 0.00000261. The van der Waals surface area contributed by atoms with Crippen molar-refractivity contribution in [1.82, 2.24) is 0 Å². The largest absolute Gasteiger partial charge is 0.459 e. The number of halogens is 2. The van der Waals surface area contributed by atoms with Gasteiger partial charge in [-0.25, -0.2) is 0 Å². The Morgan fingerprint density at radius 1 is 1.26 bits per heavy atom. The molecule has 0 saturated heterocycles. The van der Waals surface area contributed by atoms with Gasteiger partial charge in [0.1, 0.15) is 0 Å². The van der Waals surface area contributed by atoms with E-state index in [0.717, 1.165) is 25.7 Å². The van der Waals surface area contributed by atoms with E-state index >= 15 is 0 Å². The van der Waals surface area contributed by atoms with Crippen LogP contribution in [0.15, 0.2) is 41.0 Å². The van der Waals surface area contributed by atoms with E-state index in [0.29, 0.717) is 16.4 Å². The average Bonchev–Trinajstić information content (AvgIpc) is 3.11. The molecule has 1 saturated carbocycles. The Kier molecular flexibility index (Phi) is 6.92. The standard InChI is InChI=1S/C19H22ClN3O3.ClH/c1-19(21)9-3-2-5-13(19)17(24)22-12-7-8-15(14(20)11-12)23-18(25)16-6-4-10-26-16;/h4,6-8,10-11,13H,2-3,5,9,21H2,1H3,(H,22,24)(H,23,25);1H. The third-order valence-electron chi connectivity index (χ3n) is 4.80. The third kappa shape index (κ3) is 5.03. The number of anilines is 2. The van der Waals surface area contributed by atoms with Crippen molar-refractivity contribution in [2.45, 2.75) is 38.1 Å². The van der Waals surface area contributed by atoms with Crippen LogP contribution in [-0.2, 0) is 4.79 Å². The topological polar surface area (TPSA) is 97.4 Å². The Labute approximate surface area is 169 Å². The first-order chi connectivity index (χ1) is 12.4. The van der Waals surface area contributed by atoms with Crippen LogP contribution in [0.2, 0.25) is 5.02 Å². The predicted molar refractivity (Wildman–Crippen MR) is 109 cm³/mol. The summed E-state index contributed by atoms with van der Waals surface area (Å²) in [5.41, 5.74) is 6.80. The maximum atomic E-state index is 12.6. The van der Waals surface area contributed by atoms with Gasteiger partial charge in [0.2, 0.25) is 5.91 Å². The number of hydrogen-bond donors (Lipinski definition) is 3. The molecule has 27 heavy (non-hydrogen) atoms. The summed E-state index contributed by atoms with van der Waals surface area (Å²) in [4.78, 5) is 24.6. The van der Waals surface area contributed by atoms with Crippen molar-refractivity contribution in [3.8, 4) is 0 Å². The van der Waals surface area contributed by atoms with E-state index in [1.54, 1.807) is 30.3 Å². The Bertz CT molecular complexity index is 807. The molecule has 2 unspecified atom stereocenters. The van der Waals surface area contributed by atoms with Crippen LogP contribution in [0.5, 0.6) is 0 Å². The van der Waals surface area contributed by atoms with E-state index in [9.17, 15) is 9.59 Å². The second kappa shape index (κ2) is 8.78. The van der Waals surface area contributed by atoms with Gasteiger partial charge in [0.15, 0.2) is 5.76 Å². The number of benzene rings is 1. The molecule has 1 aliphatic rings. The molecule has 2 amide bonds. The predicted octanol–water partition coefficient (Wildman–Crippen LogP) is 4.45. The second-order valence-electron chi connectivity index (χ2n) is 6.92. The SMILES string of the molecule is CC1(N)CCCCC1C(=O)Nc1ccc(NC(=O)c2ccco2)c(Cl)c1.Cl. The fraction of sp³-hybridized carbons (Fsp3) is 0.368. The first-order valence-corrected chi connectivity index (χ1v) is 8.99. The highest BCUT2D eigenvalue weighted by Crippen LogP contribution is 2.33. The highest BCUT2D eigenvalue weighted by Gasteiger charge is 2.37. The van der Waals surface area contributed by atoms with E-state index in [1.807, 2.05) is 6.92 Å². The Morgan fingerprint density at radius 2 is 2.04 bits per heavy atom. The molecule has 146 valence electrons. The molecule has 1 fully saturated rings. The minimum Gasteiger partial charge on any atom is -0.459 e. The van der Waals surface area contributed by atoms with Gasteiger partial charge < -0.3 is 20.8 Å². The van der Waals surface area contributed by atoms with E-state index in [2.05, 4.69) is 10.6 Å². The van der Waals surface area contributed by atoms with Crippen molar-refractivity contribution in [2.75, 3.05) is 10.6 Å². The number of amides is 2. The number of rotatable bonds is 4. The van der Waals surface area contributed by atoms with Gasteiger partial charge in [0, 0.05) is 11.2 Å². The molecule has 2 aromatic rings. The number of hydrogen-bond acceptors (Lipinski definition) is 4. The van der Waals surface area contributed by atoms with Crippen molar-refractivity contribution in [3.63, 3.8) is 0 Å². The second-order valence-corrected chi connectivity index (χ2v) is 7.33. The highest BCUT2D eigenvalue weighted by molar-refractivity contribution is 6.34. The lowest BCUT2D eigenvalue weighted by Crippen LogP contribution is -2.51. The summed E-state index contributed by atoms with van der Waals surface area (Å²) in [6.07, 6.45) is 5.09. The van der Waals surface area contributed by atoms with Crippen LogP contribution >= 0.6 is 24.0 Å². The molecule has 1 aromatic heterocycles. The first-order valence-electron chi connectivity index (χ1n) is 8.61. The van der Waals surface area contributed by atoms with Gasteiger partial charge in [-0.3, -0.25) is 9.59 Å². The molecule has 2 atom stereocenters. The van der Waals surface area contributed by atoms with Crippen molar-refractivity contribution in [2.24, 2.45) is 11.7 Å². The zero-order chi connectivity index (χ0) is 18.7. The van der Waals surface area contributed by atoms with Crippen LogP contribution in [0.4, 0.5) is 11.4 Å². The maximum Gasteiger partial charge on any atom is 0.291 e. The van der Waals surface area contributed by atoms with Gasteiger partial charge in [-0.05, 0) is 50.1 Å². The number of nitrogens with one attached hydrogen (secondary N) is 2. The fourth-order valence-corrected chi connectivity index (χ4v) is 3.53. The van der Waals surface area contributed by atoms with Gasteiger partial charge in [-0.2, -0.15) is 0 Å². The molecule has 8 heteroatoms. The normalized spacial score (nSPS) is 21.8. The summed E-state index contributed by atoms with van der Waals surface area (Å²) >= 11 is 6.24. The summed E-state index contributed by atoms with van der Waals surface area (Å²) in [7, 11) is 0. The van der Waals surface area contributed by atoms with Crippen molar-refractivity contribution < 1.29 is 14.0 Å². The van der Waals surface area contributed by atoms with Crippen LogP contribution in [0.3, 0.4) is 0 Å². The number of furan rings is 1. The van der Waals surface area contributed by atoms with E-state index in [1.165, 1.54) is 6.26 Å². The molecule has 0 aliphatic heterocycles. The summed E-state index contributed by atoms with van der Waals surface area (Å²) in [6, 6.07) is 8.13. The van der Waals surface area contributed by atoms with Gasteiger partial charge in [0.05, 0.1) is 22.9 Å². The van der Waals surface area contributed by atoms with E-state index < -0.39 is 11.4 Å². The quantitative estimate of drug-likeness (QED) is 0.691. The lowest BCUT2D eigenvalue weighted by atomic mass is 9.74. The number of carbonyl (C=O) groups is 2. The Hall–Kier alpha value is -2.02. The van der Waals surface area contributed by atoms with Crippen LogP contribution in [0, 0.1) is 5.92 Å². The molecule has 3 rings (SSSR count). The monoisotopic (exact) mass is 411 g/mol. The van der Waals surface area contributed by atoms with Crippen molar-refractivity contribution in [1.29, 1.82) is 0 Å². The minimum atomic E-state index is -0.497. The van der Waals surface area contributed by atoms with E-state index in [4.69, 9.17) is 21.8 Å². The number of carbonyl (C=O) groups excluding carboxylic acids is 2. The summed E-state index contributed by atoms with van der Waals surface area (Å²) in [5.74, 6) is -0.528. The molecule has 1 heterocycles. The summed E-state index contributed by atoms with van der Waals surface area (Å²) in [5, 5.41) is 5.88. The third-order valence-corrected chi connectivity index (χ3v) is 5.11. The van der Waals surface area contributed by atoms with Gasteiger partial charge in [0.25, 0.3) is 5.91 Å². The van der Waals surface area contributed by atoms with Crippen molar-refractivity contribution in [3.05, 3.63) is 47.4 Å². The zero-order valence-corrected chi connectivity index (χ0v) is 16.5. The molecular weight excluding hydrogens is 389 g/mol. The Morgan fingerprint density at radius 3 is 2.67 bits per heavy atom. The van der Waals surface area contributed by atoms with Crippen LogP contribution < -0.4 is 16.4 Å². The van der Waals surface area contributed by atoms with Crippen LogP contribution in [0.25, 0.3) is 0 Å². The van der Waals surface area contributed by atoms with Crippen LogP contribution in [0.1, 0.15) is 43.2 Å². The first kappa shape index (κ1) is 21.3. The molecule has 0 radical (unpaired) electrons. The van der Waals surface area contributed by atoms with Crippen molar-refractivity contribution >= 4 is 47.2 Å². The lowest BCUT2D eigenvalue weighted by molar-refractivity contribution is -0.122. The fourth-order valence-electron chi connectivity index (χ4n) is 3.30.